The van der Waals surface area contributed by atoms with Gasteiger partial charge in [-0.15, -0.1) is 0 Å². The monoisotopic (exact) mass is 301 g/mol. The number of amides is 2. The van der Waals surface area contributed by atoms with Gasteiger partial charge >= 0.3 is 6.18 Å². The Kier molecular flexibility index (Phi) is 4.44. The molecule has 1 atom stereocenters. The van der Waals surface area contributed by atoms with Crippen LogP contribution in [0.25, 0.3) is 0 Å². The Bertz CT molecular complexity index is 528. The molecule has 0 spiro atoms. The fraction of sp³-hybridized carbons (Fsp3) is 0.462. The molecule has 114 valence electrons. The van der Waals surface area contributed by atoms with Crippen molar-refractivity contribution >= 4 is 11.8 Å². The number of halogens is 3. The second kappa shape index (κ2) is 6.11. The number of aromatic nitrogens is 1. The molecule has 1 aromatic rings. The third-order valence-electron chi connectivity index (χ3n) is 3.16. The van der Waals surface area contributed by atoms with Crippen molar-refractivity contribution in [2.75, 3.05) is 6.54 Å². The van der Waals surface area contributed by atoms with Gasteiger partial charge in [-0.2, -0.15) is 13.2 Å². The van der Waals surface area contributed by atoms with E-state index in [2.05, 4.69) is 15.6 Å². The number of nitrogens with zero attached hydrogens (tertiary/aromatic N) is 1. The molecule has 1 aliphatic heterocycles. The molecule has 5 nitrogen and oxygen atoms in total. The van der Waals surface area contributed by atoms with E-state index in [0.29, 0.717) is 13.0 Å². The Morgan fingerprint density at radius 3 is 2.71 bits per heavy atom. The normalized spacial score (nSPS) is 19.6. The minimum absolute atomic E-state index is 0.0138. The van der Waals surface area contributed by atoms with Gasteiger partial charge < -0.3 is 10.6 Å². The number of rotatable bonds is 2. The molecular weight excluding hydrogens is 287 g/mol. The average molecular weight is 301 g/mol. The second-order valence-electron chi connectivity index (χ2n) is 4.74. The molecule has 1 aromatic heterocycles. The molecule has 1 unspecified atom stereocenters. The third-order valence-corrected chi connectivity index (χ3v) is 3.16. The Morgan fingerprint density at radius 2 is 2.10 bits per heavy atom. The van der Waals surface area contributed by atoms with E-state index in [1.165, 1.54) is 0 Å². The summed E-state index contributed by atoms with van der Waals surface area (Å²) in [6.07, 6.45) is -1.57. The molecule has 8 heteroatoms. The molecule has 0 saturated carbocycles. The van der Waals surface area contributed by atoms with Gasteiger partial charge in [0.1, 0.15) is 11.7 Å². The number of hydrogen-bond acceptors (Lipinski definition) is 3. The lowest BCUT2D eigenvalue weighted by Crippen LogP contribution is -2.45. The first-order valence-corrected chi connectivity index (χ1v) is 6.50. The number of alkyl halides is 3. The van der Waals surface area contributed by atoms with E-state index in [0.717, 1.165) is 31.2 Å². The van der Waals surface area contributed by atoms with E-state index in [1.807, 2.05) is 0 Å². The predicted octanol–water partition coefficient (Wildman–Crippen LogP) is 1.50. The highest BCUT2D eigenvalue weighted by Gasteiger charge is 2.32. The lowest BCUT2D eigenvalue weighted by atomic mass is 10.1. The number of hydrogen-bond donors (Lipinski definition) is 2. The van der Waals surface area contributed by atoms with Crippen molar-refractivity contribution in [2.45, 2.75) is 31.5 Å². The van der Waals surface area contributed by atoms with Crippen LogP contribution >= 0.6 is 0 Å². The van der Waals surface area contributed by atoms with Crippen LogP contribution in [-0.4, -0.2) is 29.4 Å². The van der Waals surface area contributed by atoms with Crippen LogP contribution < -0.4 is 10.6 Å². The van der Waals surface area contributed by atoms with Gasteiger partial charge in [-0.3, -0.25) is 14.6 Å². The summed E-state index contributed by atoms with van der Waals surface area (Å²) in [5.74, 6) is -0.890. The summed E-state index contributed by atoms with van der Waals surface area (Å²) in [5, 5.41) is 5.17. The van der Waals surface area contributed by atoms with Gasteiger partial charge in [0.15, 0.2) is 0 Å². The molecule has 1 aliphatic rings. The largest absolute Gasteiger partial charge is 0.433 e. The van der Waals surface area contributed by atoms with Crippen LogP contribution in [0.5, 0.6) is 0 Å². The quantitative estimate of drug-likeness (QED) is 0.869. The molecule has 2 heterocycles. The van der Waals surface area contributed by atoms with Crippen molar-refractivity contribution in [3.8, 4) is 0 Å². The molecule has 0 aromatic carbocycles. The molecule has 2 N–H and O–H groups in total. The highest BCUT2D eigenvalue weighted by Crippen LogP contribution is 2.27. The molecule has 21 heavy (non-hydrogen) atoms. The maximum atomic E-state index is 12.4. The highest BCUT2D eigenvalue weighted by molar-refractivity contribution is 5.97. The summed E-state index contributed by atoms with van der Waals surface area (Å²) in [5.41, 5.74) is -1.08. The maximum absolute atomic E-state index is 12.4. The van der Waals surface area contributed by atoms with E-state index in [1.54, 1.807) is 0 Å². The fourth-order valence-electron chi connectivity index (χ4n) is 2.01. The summed E-state index contributed by atoms with van der Waals surface area (Å²) in [7, 11) is 0. The molecule has 2 rings (SSSR count). The van der Waals surface area contributed by atoms with Crippen LogP contribution in [0, 0.1) is 0 Å². The number of nitrogens with one attached hydrogen (secondary N) is 2. The van der Waals surface area contributed by atoms with Gasteiger partial charge in [0.25, 0.3) is 5.91 Å². The molecule has 0 bridgehead atoms. The van der Waals surface area contributed by atoms with Crippen LogP contribution in [-0.2, 0) is 11.0 Å². The summed E-state index contributed by atoms with van der Waals surface area (Å²) < 4.78 is 37.1. The molecule has 0 radical (unpaired) electrons. The van der Waals surface area contributed by atoms with Gasteiger partial charge in [-0.1, -0.05) is 0 Å². The first-order valence-electron chi connectivity index (χ1n) is 6.50. The minimum Gasteiger partial charge on any atom is -0.354 e. The fourth-order valence-corrected chi connectivity index (χ4v) is 2.01. The van der Waals surface area contributed by atoms with Gasteiger partial charge in [0.05, 0.1) is 5.56 Å². The Balaban J connectivity index is 2.04. The lowest BCUT2D eigenvalue weighted by Gasteiger charge is -2.15. The van der Waals surface area contributed by atoms with E-state index >= 15 is 0 Å². The Hall–Kier alpha value is -2.12. The van der Waals surface area contributed by atoms with Crippen LogP contribution in [0.15, 0.2) is 18.3 Å². The average Bonchev–Trinajstić information content (AvgIpc) is 2.63. The standard InChI is InChI=1S/C13H14F3N3O2/c14-13(15,16)10-5-4-8(7-18-10)11(20)19-9-3-1-2-6-17-12(9)21/h4-5,7,9H,1-3,6H2,(H,17,21)(H,19,20). The van der Waals surface area contributed by atoms with E-state index in [9.17, 15) is 22.8 Å². The molecule has 2 amide bonds. The number of carbonyl (C=O) groups excluding carboxylic acids is 2. The lowest BCUT2D eigenvalue weighted by molar-refractivity contribution is -0.141. The minimum atomic E-state index is -4.55. The Labute approximate surface area is 118 Å². The summed E-state index contributed by atoms with van der Waals surface area (Å²) >= 11 is 0. The maximum Gasteiger partial charge on any atom is 0.433 e. The zero-order valence-corrected chi connectivity index (χ0v) is 11.0. The Morgan fingerprint density at radius 1 is 1.33 bits per heavy atom. The van der Waals surface area contributed by atoms with E-state index in [-0.39, 0.29) is 11.5 Å². The van der Waals surface area contributed by atoms with Crippen LogP contribution in [0.3, 0.4) is 0 Å². The van der Waals surface area contributed by atoms with Gasteiger partial charge in [-0.25, -0.2) is 0 Å². The van der Waals surface area contributed by atoms with Gasteiger partial charge in [0.2, 0.25) is 5.91 Å². The smallest absolute Gasteiger partial charge is 0.354 e. The molecule has 1 fully saturated rings. The van der Waals surface area contributed by atoms with Crippen molar-refractivity contribution in [1.29, 1.82) is 0 Å². The zero-order chi connectivity index (χ0) is 15.5. The molecular formula is C13H14F3N3O2. The first-order chi connectivity index (χ1) is 9.88. The summed E-state index contributed by atoms with van der Waals surface area (Å²) in [4.78, 5) is 26.8. The van der Waals surface area contributed by atoms with Crippen molar-refractivity contribution in [3.63, 3.8) is 0 Å². The van der Waals surface area contributed by atoms with Crippen LogP contribution in [0.1, 0.15) is 35.3 Å². The number of carbonyl (C=O) groups is 2. The topological polar surface area (TPSA) is 71.1 Å². The summed E-state index contributed by atoms with van der Waals surface area (Å²) in [6.45, 7) is 0.563. The van der Waals surface area contributed by atoms with E-state index < -0.39 is 23.8 Å². The van der Waals surface area contributed by atoms with Gasteiger partial charge in [0, 0.05) is 12.7 Å². The third kappa shape index (κ3) is 3.93. The second-order valence-corrected chi connectivity index (χ2v) is 4.74. The predicted molar refractivity (Wildman–Crippen MR) is 67.4 cm³/mol. The van der Waals surface area contributed by atoms with Crippen molar-refractivity contribution in [1.82, 2.24) is 15.6 Å². The molecule has 1 saturated heterocycles. The zero-order valence-electron chi connectivity index (χ0n) is 11.0. The SMILES string of the molecule is O=C(NC1CCCCNC1=O)c1ccc(C(F)(F)F)nc1. The van der Waals surface area contributed by atoms with Crippen molar-refractivity contribution < 1.29 is 22.8 Å². The van der Waals surface area contributed by atoms with Crippen molar-refractivity contribution in [3.05, 3.63) is 29.6 Å². The first kappa shape index (κ1) is 15.3. The van der Waals surface area contributed by atoms with Crippen LogP contribution in [0.4, 0.5) is 13.2 Å². The van der Waals surface area contributed by atoms with Crippen LogP contribution in [0.2, 0.25) is 0 Å². The summed E-state index contributed by atoms with van der Waals surface area (Å²) in [6, 6.07) is 1.12. The van der Waals surface area contributed by atoms with Gasteiger partial charge in [-0.05, 0) is 31.4 Å². The molecule has 0 aliphatic carbocycles. The number of pyridine rings is 1. The van der Waals surface area contributed by atoms with Crippen molar-refractivity contribution in [2.24, 2.45) is 0 Å². The highest BCUT2D eigenvalue weighted by atomic mass is 19.4. The van der Waals surface area contributed by atoms with E-state index in [4.69, 9.17) is 0 Å².